The van der Waals surface area contributed by atoms with Gasteiger partial charge in [0, 0.05) is 0 Å². The Bertz CT molecular complexity index is 179. The molecule has 0 aromatic rings. The molecule has 0 heterocycles. The van der Waals surface area contributed by atoms with E-state index in [-0.39, 0.29) is 0 Å². The van der Waals surface area contributed by atoms with Crippen molar-refractivity contribution >= 4 is 0 Å². The number of rotatable bonds is 2. The summed E-state index contributed by atoms with van der Waals surface area (Å²) >= 11 is 0. The molecule has 46 valence electrons. The summed E-state index contributed by atoms with van der Waals surface area (Å²) in [6.07, 6.45) is 6.09. The SMILES string of the molecule is C#CCNC(N)=CC#N. The van der Waals surface area contributed by atoms with Gasteiger partial charge >= 0.3 is 0 Å². The van der Waals surface area contributed by atoms with Crippen molar-refractivity contribution in [1.29, 1.82) is 5.26 Å². The Balaban J connectivity index is 3.56. The summed E-state index contributed by atoms with van der Waals surface area (Å²) in [6.45, 7) is 0.351. The molecule has 0 amide bonds. The summed E-state index contributed by atoms with van der Waals surface area (Å²) < 4.78 is 0. The van der Waals surface area contributed by atoms with Crippen molar-refractivity contribution in [2.75, 3.05) is 6.54 Å². The van der Waals surface area contributed by atoms with E-state index in [1.807, 2.05) is 0 Å². The first kappa shape index (κ1) is 7.39. The zero-order chi connectivity index (χ0) is 7.11. The molecule has 0 aliphatic rings. The monoisotopic (exact) mass is 121 g/mol. The van der Waals surface area contributed by atoms with E-state index < -0.39 is 0 Å². The number of hydrogen-bond donors (Lipinski definition) is 2. The number of allylic oxidation sites excluding steroid dienone is 1. The van der Waals surface area contributed by atoms with Crippen molar-refractivity contribution < 1.29 is 0 Å². The number of hydrogen-bond acceptors (Lipinski definition) is 3. The maximum absolute atomic E-state index is 8.04. The van der Waals surface area contributed by atoms with Gasteiger partial charge in [0.1, 0.15) is 5.82 Å². The molecule has 0 aromatic carbocycles. The molecule has 0 saturated heterocycles. The zero-order valence-corrected chi connectivity index (χ0v) is 4.89. The van der Waals surface area contributed by atoms with Gasteiger partial charge in [-0.05, 0) is 0 Å². The number of nitriles is 1. The number of nitrogens with two attached hydrogens (primary N) is 1. The predicted octanol–water partition coefficient (Wildman–Crippen LogP) is -0.467. The molecule has 3 heteroatoms. The number of nitrogens with zero attached hydrogens (tertiary/aromatic N) is 1. The number of terminal acetylenes is 1. The molecule has 0 radical (unpaired) electrons. The van der Waals surface area contributed by atoms with Gasteiger partial charge in [-0.25, -0.2) is 0 Å². The summed E-state index contributed by atoms with van der Waals surface area (Å²) in [5.74, 6) is 2.62. The Morgan fingerprint density at radius 2 is 2.56 bits per heavy atom. The van der Waals surface area contributed by atoms with Gasteiger partial charge < -0.3 is 11.1 Å². The van der Waals surface area contributed by atoms with Crippen LogP contribution < -0.4 is 11.1 Å². The molecule has 0 rings (SSSR count). The molecule has 3 N–H and O–H groups in total. The van der Waals surface area contributed by atoms with Crippen LogP contribution in [0.15, 0.2) is 11.9 Å². The average molecular weight is 121 g/mol. The van der Waals surface area contributed by atoms with E-state index in [2.05, 4.69) is 11.2 Å². The Kier molecular flexibility index (Phi) is 3.73. The van der Waals surface area contributed by atoms with Crippen molar-refractivity contribution in [2.45, 2.75) is 0 Å². The van der Waals surface area contributed by atoms with Crippen LogP contribution in [-0.4, -0.2) is 6.54 Å². The lowest BCUT2D eigenvalue weighted by molar-refractivity contribution is 0.903. The lowest BCUT2D eigenvalue weighted by atomic mass is 10.5. The van der Waals surface area contributed by atoms with Crippen LogP contribution >= 0.6 is 0 Å². The Labute approximate surface area is 54.2 Å². The lowest BCUT2D eigenvalue weighted by Gasteiger charge is -1.96. The summed E-state index contributed by atoms with van der Waals surface area (Å²) in [4.78, 5) is 0. The molecule has 0 aliphatic carbocycles. The molecular formula is C6H7N3. The number of nitrogens with one attached hydrogen (secondary N) is 1. The minimum absolute atomic E-state index is 0.301. The van der Waals surface area contributed by atoms with Crippen LogP contribution in [0.2, 0.25) is 0 Å². The fraction of sp³-hybridized carbons (Fsp3) is 0.167. The van der Waals surface area contributed by atoms with Crippen LogP contribution in [0.5, 0.6) is 0 Å². The van der Waals surface area contributed by atoms with Crippen LogP contribution in [0.25, 0.3) is 0 Å². The molecule has 0 atom stereocenters. The van der Waals surface area contributed by atoms with E-state index in [1.165, 1.54) is 6.08 Å². The first-order valence-corrected chi connectivity index (χ1v) is 2.34. The molecule has 0 aliphatic heterocycles. The molecule has 0 fully saturated rings. The molecule has 0 aromatic heterocycles. The van der Waals surface area contributed by atoms with Crippen molar-refractivity contribution in [3.63, 3.8) is 0 Å². The van der Waals surface area contributed by atoms with E-state index >= 15 is 0 Å². The van der Waals surface area contributed by atoms with E-state index in [1.54, 1.807) is 6.07 Å². The topological polar surface area (TPSA) is 61.8 Å². The third-order valence-electron chi connectivity index (χ3n) is 0.615. The van der Waals surface area contributed by atoms with Crippen LogP contribution in [0.3, 0.4) is 0 Å². The van der Waals surface area contributed by atoms with E-state index in [4.69, 9.17) is 17.4 Å². The highest BCUT2D eigenvalue weighted by molar-refractivity contribution is 5.09. The minimum atomic E-state index is 0.301. The zero-order valence-electron chi connectivity index (χ0n) is 4.89. The summed E-state index contributed by atoms with van der Waals surface area (Å²) in [6, 6.07) is 1.76. The third kappa shape index (κ3) is 4.24. The molecule has 0 spiro atoms. The maximum atomic E-state index is 8.04. The Morgan fingerprint density at radius 3 is 3.00 bits per heavy atom. The van der Waals surface area contributed by atoms with Crippen LogP contribution in [0.4, 0.5) is 0 Å². The predicted molar refractivity (Wildman–Crippen MR) is 34.7 cm³/mol. The van der Waals surface area contributed by atoms with Crippen molar-refractivity contribution in [3.8, 4) is 18.4 Å². The van der Waals surface area contributed by atoms with Gasteiger partial charge in [0.25, 0.3) is 0 Å². The fourth-order valence-corrected chi connectivity index (χ4v) is 0.274. The molecule has 3 nitrogen and oxygen atoms in total. The third-order valence-corrected chi connectivity index (χ3v) is 0.615. The van der Waals surface area contributed by atoms with Crippen molar-refractivity contribution in [3.05, 3.63) is 11.9 Å². The normalized spacial score (nSPS) is 9.33. The lowest BCUT2D eigenvalue weighted by Crippen LogP contribution is -2.19. The highest BCUT2D eigenvalue weighted by Gasteiger charge is 1.80. The van der Waals surface area contributed by atoms with Gasteiger partial charge in [0.2, 0.25) is 0 Å². The Morgan fingerprint density at radius 1 is 1.89 bits per heavy atom. The largest absolute Gasteiger partial charge is 0.385 e. The highest BCUT2D eigenvalue weighted by Crippen LogP contribution is 1.71. The molecule has 0 bridgehead atoms. The molecule has 0 saturated carbocycles. The van der Waals surface area contributed by atoms with Crippen molar-refractivity contribution in [1.82, 2.24) is 5.32 Å². The molecular weight excluding hydrogens is 114 g/mol. The second kappa shape index (κ2) is 4.55. The standard InChI is InChI=1S/C6H7N3/c1-2-5-9-6(8)3-4-7/h1,3,9H,5,8H2. The van der Waals surface area contributed by atoms with Crippen LogP contribution in [0.1, 0.15) is 0 Å². The summed E-state index contributed by atoms with van der Waals surface area (Å²) in [5.41, 5.74) is 5.20. The summed E-state index contributed by atoms with van der Waals surface area (Å²) in [7, 11) is 0. The first-order chi connectivity index (χ1) is 4.31. The molecule has 9 heavy (non-hydrogen) atoms. The van der Waals surface area contributed by atoms with E-state index in [9.17, 15) is 0 Å². The van der Waals surface area contributed by atoms with Gasteiger partial charge in [-0.15, -0.1) is 6.42 Å². The summed E-state index contributed by atoms with van der Waals surface area (Å²) in [5, 5.41) is 10.7. The fourth-order valence-electron chi connectivity index (χ4n) is 0.274. The smallest absolute Gasteiger partial charge is 0.107 e. The first-order valence-electron chi connectivity index (χ1n) is 2.34. The average Bonchev–Trinajstić information content (AvgIpc) is 1.85. The second-order valence-electron chi connectivity index (χ2n) is 1.29. The molecule has 0 unspecified atom stereocenters. The minimum Gasteiger partial charge on any atom is -0.385 e. The van der Waals surface area contributed by atoms with Gasteiger partial charge in [0.05, 0.1) is 18.7 Å². The Hall–Kier alpha value is -1.61. The van der Waals surface area contributed by atoms with Gasteiger partial charge in [-0.2, -0.15) is 5.26 Å². The van der Waals surface area contributed by atoms with Crippen LogP contribution in [0, 0.1) is 23.7 Å². The van der Waals surface area contributed by atoms with E-state index in [0.717, 1.165) is 0 Å². The van der Waals surface area contributed by atoms with Gasteiger partial charge in [-0.3, -0.25) is 0 Å². The van der Waals surface area contributed by atoms with Gasteiger partial charge in [-0.1, -0.05) is 5.92 Å². The van der Waals surface area contributed by atoms with Gasteiger partial charge in [0.15, 0.2) is 0 Å². The van der Waals surface area contributed by atoms with E-state index in [0.29, 0.717) is 12.4 Å². The second-order valence-corrected chi connectivity index (χ2v) is 1.29. The quantitative estimate of drug-likeness (QED) is 0.383. The highest BCUT2D eigenvalue weighted by atomic mass is 15.0. The van der Waals surface area contributed by atoms with Crippen molar-refractivity contribution in [2.24, 2.45) is 5.73 Å². The maximum Gasteiger partial charge on any atom is 0.107 e. The van der Waals surface area contributed by atoms with Crippen LogP contribution in [-0.2, 0) is 0 Å².